The Labute approximate surface area is 126 Å². The Bertz CT molecular complexity index is 550. The lowest BCUT2D eigenvalue weighted by Crippen LogP contribution is -2.37. The van der Waals surface area contributed by atoms with Crippen LogP contribution in [-0.2, 0) is 10.3 Å². The summed E-state index contributed by atoms with van der Waals surface area (Å²) in [5, 5.41) is 2.75. The number of amides is 1. The molecule has 5 heteroatoms. The van der Waals surface area contributed by atoms with Gasteiger partial charge in [0.15, 0.2) is 0 Å². The molecule has 0 aliphatic carbocycles. The minimum absolute atomic E-state index is 0.337. The topological polar surface area (TPSA) is 51.2 Å². The fraction of sp³-hybridized carbons (Fsp3) is 0.200. The van der Waals surface area contributed by atoms with Crippen LogP contribution < -0.4 is 5.32 Å². The largest absolute Gasteiger partial charge is 0.447 e. The first kappa shape index (κ1) is 14.5. The number of hydrogen-bond acceptors (Lipinski definition) is 3. The van der Waals surface area contributed by atoms with Crippen molar-refractivity contribution in [3.05, 3.63) is 64.9 Å². The molecule has 1 aliphatic rings. The van der Waals surface area contributed by atoms with Gasteiger partial charge in [0.25, 0.3) is 0 Å². The first-order valence-electron chi connectivity index (χ1n) is 6.16. The quantitative estimate of drug-likeness (QED) is 0.868. The van der Waals surface area contributed by atoms with E-state index in [2.05, 4.69) is 26.2 Å². The summed E-state index contributed by atoms with van der Waals surface area (Å²) < 4.78 is 5.76. The standard InChI is InChI=1S/C9H9BrN2O2.C6H6/c1-9(5-14-8(13)12-9)6-2-7(10)4-11-3-6;1-2-4-6-5-3-1/h2-4H,5H2,1H3,(H,12,13);1-6H/t9-;/m0./s1. The van der Waals surface area contributed by atoms with E-state index >= 15 is 0 Å². The zero-order valence-electron chi connectivity index (χ0n) is 11.0. The van der Waals surface area contributed by atoms with Gasteiger partial charge in [0, 0.05) is 22.4 Å². The lowest BCUT2D eigenvalue weighted by molar-refractivity contribution is 0.173. The average molecular weight is 335 g/mol. The van der Waals surface area contributed by atoms with Crippen LogP contribution >= 0.6 is 15.9 Å². The van der Waals surface area contributed by atoms with Crippen LogP contribution in [0.5, 0.6) is 0 Å². The maximum atomic E-state index is 11.0. The molecule has 1 aromatic carbocycles. The van der Waals surface area contributed by atoms with Gasteiger partial charge < -0.3 is 10.1 Å². The van der Waals surface area contributed by atoms with Crippen LogP contribution in [0.1, 0.15) is 12.5 Å². The van der Waals surface area contributed by atoms with Gasteiger partial charge in [0.2, 0.25) is 0 Å². The van der Waals surface area contributed by atoms with Gasteiger partial charge in [0.05, 0.1) is 0 Å². The molecule has 1 atom stereocenters. The number of nitrogens with zero attached hydrogens (tertiary/aromatic N) is 1. The molecule has 1 fully saturated rings. The molecule has 0 spiro atoms. The lowest BCUT2D eigenvalue weighted by atomic mass is 9.96. The monoisotopic (exact) mass is 334 g/mol. The van der Waals surface area contributed by atoms with Crippen LogP contribution in [0.15, 0.2) is 59.3 Å². The van der Waals surface area contributed by atoms with Crippen molar-refractivity contribution in [3.63, 3.8) is 0 Å². The third-order valence-electron chi connectivity index (χ3n) is 2.88. The van der Waals surface area contributed by atoms with E-state index in [9.17, 15) is 4.79 Å². The normalized spacial score (nSPS) is 20.4. The van der Waals surface area contributed by atoms with Crippen molar-refractivity contribution in [1.29, 1.82) is 0 Å². The molecular weight excluding hydrogens is 320 g/mol. The molecule has 1 saturated heterocycles. The van der Waals surface area contributed by atoms with Gasteiger partial charge in [-0.3, -0.25) is 4.98 Å². The number of carbonyl (C=O) groups is 1. The van der Waals surface area contributed by atoms with Gasteiger partial charge in [-0.25, -0.2) is 4.79 Å². The molecule has 3 rings (SSSR count). The number of hydrogen-bond donors (Lipinski definition) is 1. The summed E-state index contributed by atoms with van der Waals surface area (Å²) in [4.78, 5) is 15.0. The highest BCUT2D eigenvalue weighted by Crippen LogP contribution is 2.26. The zero-order valence-corrected chi connectivity index (χ0v) is 12.6. The van der Waals surface area contributed by atoms with Crippen LogP contribution in [0.3, 0.4) is 0 Å². The number of aromatic nitrogens is 1. The van der Waals surface area contributed by atoms with Crippen molar-refractivity contribution in [2.75, 3.05) is 6.61 Å². The van der Waals surface area contributed by atoms with Crippen molar-refractivity contribution in [2.24, 2.45) is 0 Å². The summed E-state index contributed by atoms with van der Waals surface area (Å²) in [6, 6.07) is 13.9. The fourth-order valence-corrected chi connectivity index (χ4v) is 2.13. The SMILES string of the molecule is C[C@@]1(c2cncc(Br)c2)COC(=O)N1.c1ccccc1. The number of alkyl carbamates (subject to hydrolysis) is 1. The summed E-state index contributed by atoms with van der Waals surface area (Å²) >= 11 is 3.33. The first-order chi connectivity index (χ1) is 9.60. The van der Waals surface area contributed by atoms with E-state index in [-0.39, 0.29) is 6.09 Å². The molecule has 1 N–H and O–H groups in total. The predicted molar refractivity (Wildman–Crippen MR) is 80.2 cm³/mol. The number of nitrogens with one attached hydrogen (secondary N) is 1. The number of ether oxygens (including phenoxy) is 1. The van der Waals surface area contributed by atoms with Crippen LogP contribution in [0.25, 0.3) is 0 Å². The Balaban J connectivity index is 0.000000205. The van der Waals surface area contributed by atoms with E-state index in [0.29, 0.717) is 6.61 Å². The summed E-state index contributed by atoms with van der Waals surface area (Å²) in [7, 11) is 0. The van der Waals surface area contributed by atoms with Crippen molar-refractivity contribution in [1.82, 2.24) is 10.3 Å². The van der Waals surface area contributed by atoms with E-state index < -0.39 is 5.54 Å². The molecular formula is C15H15BrN2O2. The maximum Gasteiger partial charge on any atom is 0.408 e. The third kappa shape index (κ3) is 3.81. The maximum absolute atomic E-state index is 11.0. The Morgan fingerprint density at radius 3 is 2.25 bits per heavy atom. The number of halogens is 1. The van der Waals surface area contributed by atoms with Gasteiger partial charge in [-0.05, 0) is 28.9 Å². The Morgan fingerprint density at radius 2 is 1.80 bits per heavy atom. The average Bonchev–Trinajstić information content (AvgIpc) is 2.82. The third-order valence-corrected chi connectivity index (χ3v) is 3.31. The number of cyclic esters (lactones) is 1. The first-order valence-corrected chi connectivity index (χ1v) is 6.95. The van der Waals surface area contributed by atoms with E-state index in [1.165, 1.54) is 0 Å². The van der Waals surface area contributed by atoms with Gasteiger partial charge in [-0.1, -0.05) is 36.4 Å². The smallest absolute Gasteiger partial charge is 0.408 e. The molecule has 1 aliphatic heterocycles. The predicted octanol–water partition coefficient (Wildman–Crippen LogP) is 3.49. The Morgan fingerprint density at radius 1 is 1.20 bits per heavy atom. The van der Waals surface area contributed by atoms with E-state index in [1.54, 1.807) is 12.4 Å². The molecule has 0 radical (unpaired) electrons. The van der Waals surface area contributed by atoms with Gasteiger partial charge in [-0.15, -0.1) is 0 Å². The van der Waals surface area contributed by atoms with Crippen LogP contribution in [0.4, 0.5) is 4.79 Å². The number of pyridine rings is 1. The van der Waals surface area contributed by atoms with E-state index in [1.807, 2.05) is 49.4 Å². The van der Waals surface area contributed by atoms with E-state index in [4.69, 9.17) is 4.74 Å². The molecule has 2 heterocycles. The van der Waals surface area contributed by atoms with Crippen molar-refractivity contribution < 1.29 is 9.53 Å². The van der Waals surface area contributed by atoms with Crippen molar-refractivity contribution in [3.8, 4) is 0 Å². The van der Waals surface area contributed by atoms with Gasteiger partial charge in [-0.2, -0.15) is 0 Å². The molecule has 0 saturated carbocycles. The van der Waals surface area contributed by atoms with Gasteiger partial charge >= 0.3 is 6.09 Å². The van der Waals surface area contributed by atoms with Crippen molar-refractivity contribution >= 4 is 22.0 Å². The number of carbonyl (C=O) groups excluding carboxylic acids is 1. The minimum atomic E-state index is -0.464. The van der Waals surface area contributed by atoms with Crippen LogP contribution in [0, 0.1) is 0 Å². The van der Waals surface area contributed by atoms with Crippen molar-refractivity contribution in [2.45, 2.75) is 12.5 Å². The van der Waals surface area contributed by atoms with E-state index in [0.717, 1.165) is 10.0 Å². The number of rotatable bonds is 1. The number of benzene rings is 1. The second-order valence-electron chi connectivity index (χ2n) is 4.58. The summed E-state index contributed by atoms with van der Waals surface area (Å²) in [6.07, 6.45) is 3.04. The highest BCUT2D eigenvalue weighted by molar-refractivity contribution is 9.10. The minimum Gasteiger partial charge on any atom is -0.447 e. The fourth-order valence-electron chi connectivity index (χ4n) is 1.76. The second kappa shape index (κ2) is 6.52. The molecule has 2 aromatic rings. The summed E-state index contributed by atoms with van der Waals surface area (Å²) in [6.45, 7) is 2.24. The van der Waals surface area contributed by atoms with Crippen LogP contribution in [0.2, 0.25) is 0 Å². The molecule has 20 heavy (non-hydrogen) atoms. The summed E-state index contributed by atoms with van der Waals surface area (Å²) in [5.41, 5.74) is 0.464. The molecule has 0 bridgehead atoms. The Kier molecular flexibility index (Phi) is 4.74. The van der Waals surface area contributed by atoms with Crippen LogP contribution in [-0.4, -0.2) is 17.7 Å². The van der Waals surface area contributed by atoms with Gasteiger partial charge in [0.1, 0.15) is 12.1 Å². The second-order valence-corrected chi connectivity index (χ2v) is 5.50. The molecule has 1 aromatic heterocycles. The molecule has 4 nitrogen and oxygen atoms in total. The highest BCUT2D eigenvalue weighted by Gasteiger charge is 2.36. The molecule has 1 amide bonds. The molecule has 0 unspecified atom stereocenters. The zero-order chi connectivity index (χ0) is 14.4. The lowest BCUT2D eigenvalue weighted by Gasteiger charge is -2.20. The highest BCUT2D eigenvalue weighted by atomic mass is 79.9. The Hall–Kier alpha value is -1.88. The summed E-state index contributed by atoms with van der Waals surface area (Å²) in [5.74, 6) is 0. The molecule has 104 valence electrons.